The van der Waals surface area contributed by atoms with Crippen LogP contribution < -0.4 is 14.8 Å². The lowest BCUT2D eigenvalue weighted by Gasteiger charge is -2.28. The van der Waals surface area contributed by atoms with E-state index in [-0.39, 0.29) is 17.2 Å². The molecule has 2 aromatic carbocycles. The molecule has 1 saturated carbocycles. The van der Waals surface area contributed by atoms with Crippen molar-refractivity contribution in [3.63, 3.8) is 0 Å². The first kappa shape index (κ1) is 23.3. The lowest BCUT2D eigenvalue weighted by Crippen LogP contribution is -2.48. The zero-order valence-electron chi connectivity index (χ0n) is 18.8. The van der Waals surface area contributed by atoms with E-state index in [1.54, 1.807) is 43.0 Å². The molecule has 0 atom stereocenters. The second kappa shape index (κ2) is 9.15. The van der Waals surface area contributed by atoms with Crippen molar-refractivity contribution in [3.8, 4) is 5.75 Å². The molecule has 2 N–H and O–H groups in total. The van der Waals surface area contributed by atoms with Crippen LogP contribution in [0.15, 0.2) is 53.4 Å². The number of hydrogen-bond acceptors (Lipinski definition) is 5. The van der Waals surface area contributed by atoms with Crippen molar-refractivity contribution in [1.29, 1.82) is 0 Å². The van der Waals surface area contributed by atoms with Crippen molar-refractivity contribution in [1.82, 2.24) is 14.9 Å². The maximum atomic E-state index is 13.1. The summed E-state index contributed by atoms with van der Waals surface area (Å²) in [6.07, 6.45) is 2.61. The number of ether oxygens (including phenoxy) is 1. The number of sulfonamides is 1. The van der Waals surface area contributed by atoms with Crippen LogP contribution in [0.2, 0.25) is 0 Å². The second-order valence-corrected chi connectivity index (χ2v) is 10.9. The summed E-state index contributed by atoms with van der Waals surface area (Å²) < 4.78 is 34.7. The molecule has 0 unspecified atom stereocenters. The molecule has 1 heterocycles. The summed E-state index contributed by atoms with van der Waals surface area (Å²) in [5.74, 6) is 0.869. The average Bonchev–Trinajstić information content (AvgIpc) is 3.59. The number of nitrogens with one attached hydrogen (secondary N) is 2. The minimum absolute atomic E-state index is 0.158. The number of benzene rings is 2. The first-order valence-corrected chi connectivity index (χ1v) is 12.6. The van der Waals surface area contributed by atoms with Gasteiger partial charge in [-0.2, -0.15) is 0 Å². The highest BCUT2D eigenvalue weighted by atomic mass is 32.2. The Morgan fingerprint density at radius 2 is 1.85 bits per heavy atom. The number of carbonyl (C=O) groups is 2. The minimum Gasteiger partial charge on any atom is -0.493 e. The molecule has 2 fully saturated rings. The molecule has 0 bridgehead atoms. The molecule has 176 valence electrons. The minimum atomic E-state index is -3.78. The van der Waals surface area contributed by atoms with E-state index >= 15 is 0 Å². The van der Waals surface area contributed by atoms with Gasteiger partial charge in [0, 0.05) is 25.6 Å². The van der Waals surface area contributed by atoms with E-state index in [1.165, 1.54) is 0 Å². The van der Waals surface area contributed by atoms with Crippen LogP contribution in [-0.4, -0.2) is 38.4 Å². The Labute approximate surface area is 194 Å². The monoisotopic (exact) mass is 471 g/mol. The third-order valence-corrected chi connectivity index (χ3v) is 7.53. The number of amides is 3. The van der Waals surface area contributed by atoms with Gasteiger partial charge in [0.2, 0.25) is 15.9 Å². The van der Waals surface area contributed by atoms with E-state index in [0.29, 0.717) is 31.4 Å². The fourth-order valence-electron chi connectivity index (χ4n) is 3.68. The summed E-state index contributed by atoms with van der Waals surface area (Å²) in [5.41, 5.74) is 0.814. The van der Waals surface area contributed by atoms with Gasteiger partial charge >= 0.3 is 6.03 Å². The molecule has 8 nitrogen and oxygen atoms in total. The van der Waals surface area contributed by atoms with Crippen LogP contribution in [0.1, 0.15) is 44.2 Å². The van der Waals surface area contributed by atoms with Crippen LogP contribution in [0, 0.1) is 5.92 Å². The van der Waals surface area contributed by atoms with Gasteiger partial charge in [-0.25, -0.2) is 17.9 Å². The van der Waals surface area contributed by atoms with Crippen molar-refractivity contribution in [2.24, 2.45) is 5.92 Å². The Balaban J connectivity index is 1.42. The SMILES string of the molecule is CC(C)(NS(=O)(=O)c1cccc(OCC2CC2)c1)c1ccc(CN2CCC(=O)NC2=O)cc1. The Kier molecular flexibility index (Phi) is 6.45. The first-order valence-electron chi connectivity index (χ1n) is 11.1. The Bertz CT molecular complexity index is 1140. The molecule has 33 heavy (non-hydrogen) atoms. The number of urea groups is 1. The highest BCUT2D eigenvalue weighted by molar-refractivity contribution is 7.89. The summed E-state index contributed by atoms with van der Waals surface area (Å²) in [6.45, 7) is 4.97. The van der Waals surface area contributed by atoms with Crippen LogP contribution in [0.5, 0.6) is 5.75 Å². The lowest BCUT2D eigenvalue weighted by molar-refractivity contribution is -0.121. The Hall–Kier alpha value is -2.91. The molecule has 1 saturated heterocycles. The summed E-state index contributed by atoms with van der Waals surface area (Å²) in [7, 11) is -3.78. The van der Waals surface area contributed by atoms with Crippen molar-refractivity contribution in [2.75, 3.05) is 13.2 Å². The van der Waals surface area contributed by atoms with Crippen LogP contribution in [0.4, 0.5) is 4.79 Å². The number of hydrogen-bond donors (Lipinski definition) is 2. The second-order valence-electron chi connectivity index (χ2n) is 9.18. The van der Waals surface area contributed by atoms with E-state index in [2.05, 4.69) is 10.0 Å². The quantitative estimate of drug-likeness (QED) is 0.585. The summed E-state index contributed by atoms with van der Waals surface area (Å²) in [6, 6.07) is 13.6. The smallest absolute Gasteiger partial charge is 0.324 e. The van der Waals surface area contributed by atoms with Gasteiger partial charge in [0.1, 0.15) is 5.75 Å². The van der Waals surface area contributed by atoms with Gasteiger partial charge in [0.15, 0.2) is 0 Å². The third-order valence-electron chi connectivity index (χ3n) is 5.88. The van der Waals surface area contributed by atoms with Crippen molar-refractivity contribution >= 4 is 22.0 Å². The number of imide groups is 1. The zero-order valence-corrected chi connectivity index (χ0v) is 19.7. The molecule has 2 aromatic rings. The largest absolute Gasteiger partial charge is 0.493 e. The molecule has 2 aliphatic rings. The predicted molar refractivity (Wildman–Crippen MR) is 123 cm³/mol. The first-order chi connectivity index (χ1) is 15.6. The summed E-state index contributed by atoms with van der Waals surface area (Å²) in [5, 5.41) is 2.31. The molecule has 1 aliphatic carbocycles. The molecule has 0 radical (unpaired) electrons. The van der Waals surface area contributed by atoms with Gasteiger partial charge in [-0.05, 0) is 55.9 Å². The van der Waals surface area contributed by atoms with Crippen LogP contribution in [0.25, 0.3) is 0 Å². The maximum Gasteiger partial charge on any atom is 0.324 e. The van der Waals surface area contributed by atoms with Crippen LogP contribution >= 0.6 is 0 Å². The van der Waals surface area contributed by atoms with Crippen LogP contribution in [0.3, 0.4) is 0 Å². The Morgan fingerprint density at radius 3 is 2.52 bits per heavy atom. The normalized spacial score (nSPS) is 17.1. The molecule has 9 heteroatoms. The topological polar surface area (TPSA) is 105 Å². The fourth-order valence-corrected chi connectivity index (χ4v) is 5.12. The van der Waals surface area contributed by atoms with Crippen molar-refractivity contribution < 1.29 is 22.7 Å². The predicted octanol–water partition coefficient (Wildman–Crippen LogP) is 3.13. The standard InChI is InChI=1S/C24H29N3O5S/c1-24(2,19-10-8-17(9-11-19)15-27-13-12-22(28)25-23(27)29)26-33(30,31)21-5-3-4-20(14-21)32-16-18-6-7-18/h3-5,8-11,14,18,26H,6-7,12-13,15-16H2,1-2H3,(H,25,28,29). The molecule has 3 amide bonds. The average molecular weight is 472 g/mol. The highest BCUT2D eigenvalue weighted by Crippen LogP contribution is 2.30. The van der Waals surface area contributed by atoms with E-state index in [9.17, 15) is 18.0 Å². The van der Waals surface area contributed by atoms with E-state index in [0.717, 1.165) is 24.0 Å². The van der Waals surface area contributed by atoms with E-state index in [4.69, 9.17) is 4.74 Å². The molecular weight excluding hydrogens is 442 g/mol. The molecule has 0 aromatic heterocycles. The highest BCUT2D eigenvalue weighted by Gasteiger charge is 2.29. The summed E-state index contributed by atoms with van der Waals surface area (Å²) in [4.78, 5) is 25.0. The van der Waals surface area contributed by atoms with Gasteiger partial charge in [-0.3, -0.25) is 10.1 Å². The molecule has 1 aliphatic heterocycles. The van der Waals surface area contributed by atoms with Crippen molar-refractivity contribution in [2.45, 2.75) is 50.1 Å². The zero-order chi connectivity index (χ0) is 23.6. The van der Waals surface area contributed by atoms with Crippen molar-refractivity contribution in [3.05, 3.63) is 59.7 Å². The molecule has 0 spiro atoms. The third kappa shape index (κ3) is 5.91. The van der Waals surface area contributed by atoms with Gasteiger partial charge < -0.3 is 9.64 Å². The van der Waals surface area contributed by atoms with Gasteiger partial charge in [-0.15, -0.1) is 0 Å². The van der Waals surface area contributed by atoms with E-state index in [1.807, 2.05) is 24.3 Å². The van der Waals surface area contributed by atoms with Gasteiger partial charge in [0.25, 0.3) is 0 Å². The lowest BCUT2D eigenvalue weighted by atomic mass is 9.95. The Morgan fingerprint density at radius 1 is 1.12 bits per heavy atom. The maximum absolute atomic E-state index is 13.1. The summed E-state index contributed by atoms with van der Waals surface area (Å²) >= 11 is 0. The van der Waals surface area contributed by atoms with Gasteiger partial charge in [-0.1, -0.05) is 30.3 Å². The molecular formula is C24H29N3O5S. The number of rotatable bonds is 9. The number of carbonyl (C=O) groups excluding carboxylic acids is 2. The molecule has 4 rings (SSSR count). The number of nitrogens with zero attached hydrogens (tertiary/aromatic N) is 1. The van der Waals surface area contributed by atoms with E-state index < -0.39 is 21.6 Å². The fraction of sp³-hybridized carbons (Fsp3) is 0.417. The van der Waals surface area contributed by atoms with Crippen LogP contribution in [-0.2, 0) is 26.9 Å². The van der Waals surface area contributed by atoms with Gasteiger partial charge in [0.05, 0.1) is 17.0 Å².